The average Bonchev–Trinajstić information content (AvgIpc) is 2.52. The lowest BCUT2D eigenvalue weighted by atomic mass is 9.76. The molecule has 0 spiro atoms. The van der Waals surface area contributed by atoms with Crippen molar-refractivity contribution < 1.29 is 9.90 Å². The van der Waals surface area contributed by atoms with E-state index in [2.05, 4.69) is 5.32 Å². The Bertz CT molecular complexity index is 408. The zero-order chi connectivity index (χ0) is 11.1. The van der Waals surface area contributed by atoms with E-state index in [0.29, 0.717) is 12.8 Å². The van der Waals surface area contributed by atoms with E-state index in [1.165, 1.54) is 0 Å². The van der Waals surface area contributed by atoms with Crippen molar-refractivity contribution in [3.63, 3.8) is 0 Å². The molecule has 1 aliphatic heterocycles. The predicted molar refractivity (Wildman–Crippen MR) is 59.0 cm³/mol. The van der Waals surface area contributed by atoms with Gasteiger partial charge in [-0.05, 0) is 25.0 Å². The molecule has 1 amide bonds. The van der Waals surface area contributed by atoms with Gasteiger partial charge in [-0.3, -0.25) is 4.79 Å². The Labute approximate surface area is 89.1 Å². The van der Waals surface area contributed by atoms with Gasteiger partial charge in [-0.15, -0.1) is 0 Å². The molecule has 0 unspecified atom stereocenters. The van der Waals surface area contributed by atoms with Gasteiger partial charge in [0.05, 0.1) is 5.41 Å². The molecule has 0 saturated carbocycles. The van der Waals surface area contributed by atoms with Gasteiger partial charge in [-0.2, -0.15) is 0 Å². The van der Waals surface area contributed by atoms with Gasteiger partial charge in [-0.1, -0.05) is 19.9 Å². The second-order valence-electron chi connectivity index (χ2n) is 3.94. The van der Waals surface area contributed by atoms with Crippen LogP contribution in [-0.4, -0.2) is 11.0 Å². The molecule has 3 heteroatoms. The molecule has 1 aromatic carbocycles. The minimum absolute atomic E-state index is 0.00370. The van der Waals surface area contributed by atoms with Crippen LogP contribution >= 0.6 is 0 Å². The average molecular weight is 205 g/mol. The van der Waals surface area contributed by atoms with Crippen LogP contribution in [0.25, 0.3) is 0 Å². The molecular weight excluding hydrogens is 190 g/mol. The summed E-state index contributed by atoms with van der Waals surface area (Å²) in [6.45, 7) is 3.95. The number of nitrogens with one attached hydrogen (secondary N) is 1. The van der Waals surface area contributed by atoms with Gasteiger partial charge in [0.25, 0.3) is 0 Å². The monoisotopic (exact) mass is 205 g/mol. The summed E-state index contributed by atoms with van der Waals surface area (Å²) in [5.41, 5.74) is 0.976. The minimum atomic E-state index is -0.541. The predicted octanol–water partition coefficient (Wildman–Crippen LogP) is 2.40. The highest BCUT2D eigenvalue weighted by molar-refractivity contribution is 6.07. The first-order valence-electron chi connectivity index (χ1n) is 5.29. The minimum Gasteiger partial charge on any atom is -0.508 e. The molecule has 15 heavy (non-hydrogen) atoms. The van der Waals surface area contributed by atoms with Crippen LogP contribution in [0.1, 0.15) is 32.3 Å². The largest absolute Gasteiger partial charge is 0.508 e. The van der Waals surface area contributed by atoms with Gasteiger partial charge in [0.2, 0.25) is 5.91 Å². The molecule has 80 valence electrons. The fourth-order valence-electron chi connectivity index (χ4n) is 2.43. The number of hydrogen-bond acceptors (Lipinski definition) is 2. The highest BCUT2D eigenvalue weighted by Crippen LogP contribution is 2.46. The number of fused-ring (bicyclic) bond motifs is 1. The Morgan fingerprint density at radius 2 is 2.00 bits per heavy atom. The number of benzene rings is 1. The van der Waals surface area contributed by atoms with E-state index >= 15 is 0 Å². The normalized spacial score (nSPS) is 17.3. The highest BCUT2D eigenvalue weighted by atomic mass is 16.3. The highest BCUT2D eigenvalue weighted by Gasteiger charge is 2.45. The summed E-state index contributed by atoms with van der Waals surface area (Å²) in [4.78, 5) is 11.9. The van der Waals surface area contributed by atoms with E-state index in [4.69, 9.17) is 0 Å². The van der Waals surface area contributed by atoms with Crippen LogP contribution in [0.4, 0.5) is 5.69 Å². The molecule has 1 aliphatic rings. The molecule has 0 aliphatic carbocycles. The van der Waals surface area contributed by atoms with Crippen LogP contribution in [-0.2, 0) is 10.2 Å². The van der Waals surface area contributed by atoms with Crippen molar-refractivity contribution in [2.75, 3.05) is 5.32 Å². The maximum Gasteiger partial charge on any atom is 0.235 e. The maximum absolute atomic E-state index is 11.9. The summed E-state index contributed by atoms with van der Waals surface area (Å²) < 4.78 is 0. The molecule has 0 atom stereocenters. The van der Waals surface area contributed by atoms with E-state index in [-0.39, 0.29) is 11.7 Å². The Morgan fingerprint density at radius 1 is 1.33 bits per heavy atom. The number of hydrogen-bond donors (Lipinski definition) is 2. The summed E-state index contributed by atoms with van der Waals surface area (Å²) >= 11 is 0. The van der Waals surface area contributed by atoms with Crippen LogP contribution in [0, 0.1) is 0 Å². The third kappa shape index (κ3) is 1.16. The Kier molecular flexibility index (Phi) is 2.18. The SMILES string of the molecule is CCC1(CC)C(=O)Nc2cccc(O)c21. The molecule has 2 rings (SSSR count). The number of aromatic hydroxyl groups is 1. The molecule has 3 nitrogen and oxygen atoms in total. The standard InChI is InChI=1S/C12H15NO2/c1-3-12(4-2)10-8(13-11(12)15)6-5-7-9(10)14/h5-7,14H,3-4H2,1-2H3,(H,13,15). The second-order valence-corrected chi connectivity index (χ2v) is 3.94. The first kappa shape index (κ1) is 10.0. The van der Waals surface area contributed by atoms with E-state index in [1.807, 2.05) is 19.9 Å². The van der Waals surface area contributed by atoms with Crippen molar-refractivity contribution in [3.05, 3.63) is 23.8 Å². The summed E-state index contributed by atoms with van der Waals surface area (Å²) in [7, 11) is 0. The molecule has 0 radical (unpaired) electrons. The number of carbonyl (C=O) groups is 1. The quantitative estimate of drug-likeness (QED) is 0.778. The second kappa shape index (κ2) is 3.26. The fraction of sp³-hybridized carbons (Fsp3) is 0.417. The molecule has 0 bridgehead atoms. The van der Waals surface area contributed by atoms with Crippen molar-refractivity contribution in [3.8, 4) is 5.75 Å². The third-order valence-corrected chi connectivity index (χ3v) is 3.41. The maximum atomic E-state index is 11.9. The number of amides is 1. The van der Waals surface area contributed by atoms with Gasteiger partial charge < -0.3 is 10.4 Å². The van der Waals surface area contributed by atoms with Gasteiger partial charge in [-0.25, -0.2) is 0 Å². The van der Waals surface area contributed by atoms with Gasteiger partial charge in [0.1, 0.15) is 5.75 Å². The molecule has 2 N–H and O–H groups in total. The van der Waals surface area contributed by atoms with Gasteiger partial charge >= 0.3 is 0 Å². The zero-order valence-corrected chi connectivity index (χ0v) is 9.00. The lowest BCUT2D eigenvalue weighted by Crippen LogP contribution is -2.32. The number of carbonyl (C=O) groups excluding carboxylic acids is 1. The molecule has 1 aromatic rings. The van der Waals surface area contributed by atoms with E-state index < -0.39 is 5.41 Å². The van der Waals surface area contributed by atoms with Crippen LogP contribution in [0.15, 0.2) is 18.2 Å². The number of phenolic OH excluding ortho intramolecular Hbond substituents is 1. The number of phenols is 1. The molecule has 1 heterocycles. The summed E-state index contributed by atoms with van der Waals surface area (Å²) in [6, 6.07) is 5.22. The fourth-order valence-corrected chi connectivity index (χ4v) is 2.43. The Balaban J connectivity index is 2.67. The summed E-state index contributed by atoms with van der Waals surface area (Å²) in [5.74, 6) is 0.221. The molecular formula is C12H15NO2. The Morgan fingerprint density at radius 3 is 2.60 bits per heavy atom. The summed E-state index contributed by atoms with van der Waals surface area (Å²) in [5, 5.41) is 12.7. The zero-order valence-electron chi connectivity index (χ0n) is 9.00. The van der Waals surface area contributed by atoms with Gasteiger partial charge in [0, 0.05) is 11.3 Å². The molecule has 0 fully saturated rings. The molecule has 0 aromatic heterocycles. The van der Waals surface area contributed by atoms with Crippen LogP contribution in [0.2, 0.25) is 0 Å². The van der Waals surface area contributed by atoms with Gasteiger partial charge in [0.15, 0.2) is 0 Å². The number of rotatable bonds is 2. The Hall–Kier alpha value is -1.51. The molecule has 0 saturated heterocycles. The van der Waals surface area contributed by atoms with Crippen molar-refractivity contribution in [1.29, 1.82) is 0 Å². The first-order chi connectivity index (χ1) is 7.15. The smallest absolute Gasteiger partial charge is 0.235 e. The van der Waals surface area contributed by atoms with Crippen molar-refractivity contribution >= 4 is 11.6 Å². The van der Waals surface area contributed by atoms with Crippen molar-refractivity contribution in [2.24, 2.45) is 0 Å². The van der Waals surface area contributed by atoms with Crippen LogP contribution in [0.5, 0.6) is 5.75 Å². The third-order valence-electron chi connectivity index (χ3n) is 3.41. The van der Waals surface area contributed by atoms with Crippen molar-refractivity contribution in [2.45, 2.75) is 32.1 Å². The first-order valence-corrected chi connectivity index (χ1v) is 5.29. The van der Waals surface area contributed by atoms with E-state index in [1.54, 1.807) is 12.1 Å². The van der Waals surface area contributed by atoms with E-state index in [9.17, 15) is 9.90 Å². The topological polar surface area (TPSA) is 49.3 Å². The van der Waals surface area contributed by atoms with Crippen LogP contribution < -0.4 is 5.32 Å². The summed E-state index contributed by atoms with van der Waals surface area (Å²) in [6.07, 6.45) is 1.42. The van der Waals surface area contributed by atoms with Crippen LogP contribution in [0.3, 0.4) is 0 Å². The lowest BCUT2D eigenvalue weighted by Gasteiger charge is -2.24. The number of anilines is 1. The van der Waals surface area contributed by atoms with E-state index in [0.717, 1.165) is 11.3 Å². The van der Waals surface area contributed by atoms with Crippen molar-refractivity contribution in [1.82, 2.24) is 0 Å². The lowest BCUT2D eigenvalue weighted by molar-refractivity contribution is -0.121.